The van der Waals surface area contributed by atoms with E-state index in [1.54, 1.807) is 11.3 Å². The molecule has 0 bridgehead atoms. The van der Waals surface area contributed by atoms with Crippen molar-refractivity contribution in [1.29, 1.82) is 0 Å². The number of rotatable bonds is 5. The van der Waals surface area contributed by atoms with Gasteiger partial charge >= 0.3 is 0 Å². The molecule has 1 aliphatic carbocycles. The number of nitrogens with zero attached hydrogens (tertiary/aromatic N) is 2. The average molecular weight is 464 g/mol. The van der Waals surface area contributed by atoms with E-state index in [4.69, 9.17) is 0 Å². The van der Waals surface area contributed by atoms with Crippen LogP contribution in [0.1, 0.15) is 56.1 Å². The molecule has 2 amide bonds. The van der Waals surface area contributed by atoms with Crippen LogP contribution in [-0.2, 0) is 17.8 Å². The van der Waals surface area contributed by atoms with E-state index in [0.29, 0.717) is 30.6 Å². The number of hydrogen-bond acceptors (Lipinski definition) is 3. The van der Waals surface area contributed by atoms with Gasteiger partial charge in [0.1, 0.15) is 11.2 Å². The molecule has 3 heterocycles. The fourth-order valence-electron chi connectivity index (χ4n) is 5.62. The van der Waals surface area contributed by atoms with E-state index >= 15 is 0 Å². The molecule has 1 saturated carbocycles. The predicted octanol–water partition coefficient (Wildman–Crippen LogP) is 5.10. The van der Waals surface area contributed by atoms with Gasteiger partial charge in [-0.2, -0.15) is 0 Å². The maximum atomic E-state index is 13.9. The van der Waals surface area contributed by atoms with E-state index in [0.717, 1.165) is 29.5 Å². The molecule has 5 nitrogen and oxygen atoms in total. The number of thiophene rings is 1. The highest BCUT2D eigenvalue weighted by atomic mass is 32.1. The van der Waals surface area contributed by atoms with Crippen LogP contribution < -0.4 is 5.32 Å². The van der Waals surface area contributed by atoms with Crippen molar-refractivity contribution >= 4 is 33.4 Å². The lowest BCUT2D eigenvalue weighted by atomic mass is 9.77. The van der Waals surface area contributed by atoms with Gasteiger partial charge in [0.2, 0.25) is 5.91 Å². The van der Waals surface area contributed by atoms with Crippen molar-refractivity contribution < 1.29 is 9.59 Å². The van der Waals surface area contributed by atoms with Crippen LogP contribution in [-0.4, -0.2) is 39.4 Å². The lowest BCUT2D eigenvalue weighted by molar-refractivity contribution is -0.134. The minimum atomic E-state index is -0.937. The van der Waals surface area contributed by atoms with Gasteiger partial charge in [-0.25, -0.2) is 0 Å². The third-order valence-corrected chi connectivity index (χ3v) is 8.88. The second-order valence-corrected chi connectivity index (χ2v) is 11.0. The molecule has 0 radical (unpaired) electrons. The van der Waals surface area contributed by atoms with Crippen LogP contribution in [0.5, 0.6) is 0 Å². The van der Waals surface area contributed by atoms with Crippen LogP contribution >= 0.6 is 11.3 Å². The van der Waals surface area contributed by atoms with Crippen LogP contribution in [0, 0.1) is 11.8 Å². The van der Waals surface area contributed by atoms with Crippen molar-refractivity contribution in [2.24, 2.45) is 11.8 Å². The first kappa shape index (κ1) is 22.2. The molecule has 0 unspecified atom stereocenters. The summed E-state index contributed by atoms with van der Waals surface area (Å²) in [5.41, 5.74) is 1.97. The Morgan fingerprint density at radius 3 is 2.76 bits per heavy atom. The number of amides is 2. The van der Waals surface area contributed by atoms with E-state index in [2.05, 4.69) is 41.9 Å². The number of aromatic nitrogens is 1. The van der Waals surface area contributed by atoms with E-state index in [9.17, 15) is 9.59 Å². The Morgan fingerprint density at radius 2 is 1.97 bits per heavy atom. The molecule has 1 N–H and O–H groups in total. The molecule has 0 spiro atoms. The summed E-state index contributed by atoms with van der Waals surface area (Å²) in [6.45, 7) is 7.47. The average Bonchev–Trinajstić information content (AvgIpc) is 3.40. The smallest absolute Gasteiger partial charge is 0.271 e. The Balaban J connectivity index is 1.47. The normalized spacial score (nSPS) is 27.5. The minimum Gasteiger partial charge on any atom is -0.351 e. The summed E-state index contributed by atoms with van der Waals surface area (Å²) < 4.78 is 3.15. The zero-order valence-electron chi connectivity index (χ0n) is 19.7. The summed E-state index contributed by atoms with van der Waals surface area (Å²) in [7, 11) is 0. The molecule has 0 saturated heterocycles. The van der Waals surface area contributed by atoms with E-state index in [1.807, 2.05) is 41.5 Å². The fraction of sp³-hybridized carbons (Fsp3) is 0.481. The van der Waals surface area contributed by atoms with Crippen LogP contribution in [0.2, 0.25) is 0 Å². The fourth-order valence-corrected chi connectivity index (χ4v) is 6.44. The topological polar surface area (TPSA) is 54.3 Å². The summed E-state index contributed by atoms with van der Waals surface area (Å²) in [4.78, 5) is 29.5. The van der Waals surface area contributed by atoms with Gasteiger partial charge in [-0.15, -0.1) is 11.3 Å². The molecular weight excluding hydrogens is 430 g/mol. The SMILES string of the molecule is C[C@@H]1[C@H](C)CCC[C@@H]1NC(=O)[C@@]1(C)Cn2c(cc3sccc32)C(=O)N1CCc1ccccc1. The molecule has 5 rings (SSSR count). The molecule has 174 valence electrons. The van der Waals surface area contributed by atoms with E-state index in [-0.39, 0.29) is 17.9 Å². The van der Waals surface area contributed by atoms with Crippen LogP contribution in [0.15, 0.2) is 47.8 Å². The largest absolute Gasteiger partial charge is 0.351 e. The lowest BCUT2D eigenvalue weighted by Gasteiger charge is -2.45. The van der Waals surface area contributed by atoms with Crippen LogP contribution in [0.4, 0.5) is 0 Å². The van der Waals surface area contributed by atoms with E-state index in [1.165, 1.54) is 12.0 Å². The molecule has 2 aliphatic rings. The summed E-state index contributed by atoms with van der Waals surface area (Å²) in [5, 5.41) is 5.43. The molecule has 6 heteroatoms. The third kappa shape index (κ3) is 3.88. The maximum absolute atomic E-state index is 13.9. The van der Waals surface area contributed by atoms with Crippen LogP contribution in [0.25, 0.3) is 10.2 Å². The number of carbonyl (C=O) groups excluding carboxylic acids is 2. The van der Waals surface area contributed by atoms with Crippen molar-refractivity contribution in [3.8, 4) is 0 Å². The zero-order valence-corrected chi connectivity index (χ0v) is 20.5. The quantitative estimate of drug-likeness (QED) is 0.572. The van der Waals surface area contributed by atoms with Gasteiger partial charge in [0.25, 0.3) is 5.91 Å². The monoisotopic (exact) mass is 463 g/mol. The summed E-state index contributed by atoms with van der Waals surface area (Å²) in [5.74, 6) is 0.954. The second-order valence-electron chi connectivity index (χ2n) is 10.1. The zero-order chi connectivity index (χ0) is 23.2. The van der Waals surface area contributed by atoms with Crippen molar-refractivity contribution in [3.63, 3.8) is 0 Å². The number of hydrogen-bond donors (Lipinski definition) is 1. The Hall–Kier alpha value is -2.60. The van der Waals surface area contributed by atoms with Gasteiger partial charge in [-0.1, -0.05) is 57.0 Å². The number of carbonyl (C=O) groups is 2. The predicted molar refractivity (Wildman–Crippen MR) is 134 cm³/mol. The summed E-state index contributed by atoms with van der Waals surface area (Å²) in [6, 6.07) is 14.4. The molecular formula is C27H33N3O2S. The molecule has 3 aromatic rings. The molecule has 2 aromatic heterocycles. The van der Waals surface area contributed by atoms with Crippen LogP contribution in [0.3, 0.4) is 0 Å². The minimum absolute atomic E-state index is 0.0300. The first-order valence-electron chi connectivity index (χ1n) is 12.1. The Bertz CT molecular complexity index is 1170. The second kappa shape index (κ2) is 8.64. The summed E-state index contributed by atoms with van der Waals surface area (Å²) in [6.07, 6.45) is 4.09. The first-order chi connectivity index (χ1) is 15.9. The van der Waals surface area contributed by atoms with Crippen molar-refractivity contribution in [2.75, 3.05) is 6.54 Å². The standard InChI is InChI=1S/C27H33N3O2S/c1-18-8-7-11-21(19(18)2)28-26(32)27(3)17-29-22-13-15-33-24(22)16-23(29)25(31)30(27)14-12-20-9-5-4-6-10-20/h4-6,9-10,13,15-16,18-19,21H,7-8,11-12,14,17H2,1-3H3,(H,28,32)/t18-,19-,21+,27-/m1/s1. The Morgan fingerprint density at radius 1 is 1.18 bits per heavy atom. The summed E-state index contributed by atoms with van der Waals surface area (Å²) >= 11 is 1.64. The van der Waals surface area contributed by atoms with Crippen molar-refractivity contribution in [3.05, 3.63) is 59.1 Å². The highest BCUT2D eigenvalue weighted by Crippen LogP contribution is 2.35. The maximum Gasteiger partial charge on any atom is 0.271 e. The highest BCUT2D eigenvalue weighted by Gasteiger charge is 2.48. The third-order valence-electron chi connectivity index (χ3n) is 8.03. The van der Waals surface area contributed by atoms with Gasteiger partial charge in [0, 0.05) is 12.6 Å². The lowest BCUT2D eigenvalue weighted by Crippen LogP contribution is -2.65. The van der Waals surface area contributed by atoms with Crippen molar-refractivity contribution in [1.82, 2.24) is 14.8 Å². The molecule has 1 aromatic carbocycles. The van der Waals surface area contributed by atoms with Gasteiger partial charge in [-0.3, -0.25) is 9.59 Å². The van der Waals surface area contributed by atoms with Gasteiger partial charge in [0.05, 0.1) is 16.8 Å². The number of nitrogens with one attached hydrogen (secondary N) is 1. The number of fused-ring (bicyclic) bond motifs is 3. The van der Waals surface area contributed by atoms with Gasteiger partial charge in [-0.05, 0) is 54.7 Å². The highest BCUT2D eigenvalue weighted by molar-refractivity contribution is 7.17. The molecule has 1 aliphatic heterocycles. The Kier molecular flexibility index (Phi) is 5.81. The Labute approximate surface area is 199 Å². The number of benzene rings is 1. The van der Waals surface area contributed by atoms with Gasteiger partial charge < -0.3 is 14.8 Å². The molecule has 4 atom stereocenters. The first-order valence-corrected chi connectivity index (χ1v) is 13.0. The molecule has 33 heavy (non-hydrogen) atoms. The van der Waals surface area contributed by atoms with Crippen molar-refractivity contribution in [2.45, 2.75) is 64.6 Å². The van der Waals surface area contributed by atoms with Gasteiger partial charge in [0.15, 0.2) is 0 Å². The molecule has 1 fully saturated rings. The van der Waals surface area contributed by atoms with E-state index < -0.39 is 5.54 Å².